The Morgan fingerprint density at radius 3 is 2.11 bits per heavy atom. The summed E-state index contributed by atoms with van der Waals surface area (Å²) in [6, 6.07) is 0. The minimum absolute atomic E-state index is 1.13. The maximum Gasteiger partial charge on any atom is 0.0719 e. The second kappa shape index (κ2) is 2.10. The summed E-state index contributed by atoms with van der Waals surface area (Å²) in [7, 11) is 2.04. The normalized spacial score (nSPS) is 19.9. The van der Waals surface area contributed by atoms with Gasteiger partial charge in [0.25, 0.3) is 0 Å². The van der Waals surface area contributed by atoms with Crippen LogP contribution in [-0.2, 0) is 0 Å². The molecule has 0 aromatic heterocycles. The molecule has 0 atom stereocenters. The Balaban J connectivity index is 2.87. The Bertz CT molecular complexity index is 181. The molecule has 1 rings (SSSR count). The van der Waals surface area contributed by atoms with Crippen LogP contribution in [0.2, 0.25) is 0 Å². The third kappa shape index (κ3) is 0.990. The van der Waals surface area contributed by atoms with Crippen molar-refractivity contribution in [2.75, 3.05) is 7.05 Å². The van der Waals surface area contributed by atoms with Gasteiger partial charge in [0.05, 0.1) is 5.03 Å². The number of allylic oxidation sites excluding steroid dienone is 2. The number of thioether (sulfide) groups is 1. The van der Waals surface area contributed by atoms with E-state index in [0.29, 0.717) is 0 Å². The van der Waals surface area contributed by atoms with Gasteiger partial charge in [0.2, 0.25) is 0 Å². The molecular weight excluding hydrogens is 130 g/mol. The molecule has 0 unspecified atom stereocenters. The van der Waals surface area contributed by atoms with Crippen molar-refractivity contribution in [2.45, 2.75) is 13.8 Å². The average molecular weight is 141 g/mol. The molecule has 1 aliphatic rings. The highest BCUT2D eigenvalue weighted by Crippen LogP contribution is 2.37. The van der Waals surface area contributed by atoms with Crippen molar-refractivity contribution in [3.8, 4) is 0 Å². The Hall–Kier alpha value is -0.370. The van der Waals surface area contributed by atoms with Crippen molar-refractivity contribution in [1.82, 2.24) is 4.90 Å². The summed E-state index contributed by atoms with van der Waals surface area (Å²) in [5, 5.41) is 1.13. The molecule has 0 radical (unpaired) electrons. The van der Waals surface area contributed by atoms with Crippen molar-refractivity contribution in [2.24, 2.45) is 0 Å². The first-order valence-electron chi connectivity index (χ1n) is 2.91. The first-order chi connectivity index (χ1) is 4.13. The van der Waals surface area contributed by atoms with Crippen LogP contribution < -0.4 is 0 Å². The van der Waals surface area contributed by atoms with E-state index >= 15 is 0 Å². The molecule has 1 heterocycles. The van der Waals surface area contributed by atoms with E-state index < -0.39 is 0 Å². The monoisotopic (exact) mass is 141 g/mol. The van der Waals surface area contributed by atoms with E-state index in [4.69, 9.17) is 0 Å². The van der Waals surface area contributed by atoms with Gasteiger partial charge in [0.15, 0.2) is 0 Å². The van der Waals surface area contributed by atoms with Crippen LogP contribution in [-0.4, -0.2) is 11.9 Å². The van der Waals surface area contributed by atoms with Gasteiger partial charge < -0.3 is 4.90 Å². The smallest absolute Gasteiger partial charge is 0.0719 e. The zero-order chi connectivity index (χ0) is 7.02. The molecule has 0 bridgehead atoms. The lowest BCUT2D eigenvalue weighted by molar-refractivity contribution is 0.565. The number of rotatable bonds is 0. The minimum Gasteiger partial charge on any atom is -0.343 e. The molecule has 0 fully saturated rings. The summed E-state index contributed by atoms with van der Waals surface area (Å²) in [5.41, 5.74) is 1.32. The Kier molecular flexibility index (Phi) is 1.58. The maximum absolute atomic E-state index is 3.88. The zero-order valence-electron chi connectivity index (χ0n) is 6.06. The van der Waals surface area contributed by atoms with Crippen LogP contribution >= 0.6 is 11.8 Å². The minimum atomic E-state index is 1.13. The van der Waals surface area contributed by atoms with Gasteiger partial charge >= 0.3 is 0 Å². The molecule has 0 aromatic carbocycles. The van der Waals surface area contributed by atoms with Crippen molar-refractivity contribution in [3.63, 3.8) is 0 Å². The Labute approximate surface area is 60.4 Å². The van der Waals surface area contributed by atoms with Gasteiger partial charge in [-0.3, -0.25) is 0 Å². The highest BCUT2D eigenvalue weighted by Gasteiger charge is 2.15. The Morgan fingerprint density at radius 2 is 2.00 bits per heavy atom. The van der Waals surface area contributed by atoms with Gasteiger partial charge in [-0.2, -0.15) is 0 Å². The standard InChI is InChI=1S/C7H11NS/c1-5-6(2)9-7(3)8(5)4/h3H2,1-2,4H3. The van der Waals surface area contributed by atoms with Crippen LogP contribution in [0.1, 0.15) is 13.8 Å². The molecule has 0 N–H and O–H groups in total. The number of nitrogens with zero attached hydrogens (tertiary/aromatic N) is 1. The fourth-order valence-corrected chi connectivity index (χ4v) is 1.65. The summed E-state index contributed by atoms with van der Waals surface area (Å²) >= 11 is 1.75. The van der Waals surface area contributed by atoms with Crippen molar-refractivity contribution in [3.05, 3.63) is 22.2 Å². The third-order valence-corrected chi connectivity index (χ3v) is 2.77. The van der Waals surface area contributed by atoms with E-state index in [9.17, 15) is 0 Å². The predicted molar refractivity (Wildman–Crippen MR) is 42.9 cm³/mol. The predicted octanol–water partition coefficient (Wildman–Crippen LogP) is 2.39. The quantitative estimate of drug-likeness (QED) is 0.509. The van der Waals surface area contributed by atoms with E-state index in [0.717, 1.165) is 5.03 Å². The van der Waals surface area contributed by atoms with Crippen LogP contribution in [0.25, 0.3) is 0 Å². The molecule has 0 spiro atoms. The van der Waals surface area contributed by atoms with Gasteiger partial charge in [-0.05, 0) is 13.8 Å². The summed E-state index contributed by atoms with van der Waals surface area (Å²) in [5.74, 6) is 0. The van der Waals surface area contributed by atoms with Gasteiger partial charge in [0.1, 0.15) is 0 Å². The molecule has 0 saturated heterocycles. The van der Waals surface area contributed by atoms with E-state index in [2.05, 4.69) is 25.3 Å². The first kappa shape index (κ1) is 6.75. The molecule has 0 saturated carbocycles. The van der Waals surface area contributed by atoms with Crippen molar-refractivity contribution < 1.29 is 0 Å². The SMILES string of the molecule is C=C1SC(C)=C(C)N1C. The summed E-state index contributed by atoms with van der Waals surface area (Å²) < 4.78 is 0. The lowest BCUT2D eigenvalue weighted by atomic mass is 10.4. The fourth-order valence-electron chi connectivity index (χ4n) is 0.742. The van der Waals surface area contributed by atoms with Gasteiger partial charge in [0, 0.05) is 17.6 Å². The molecule has 50 valence electrons. The van der Waals surface area contributed by atoms with Crippen LogP contribution in [0.15, 0.2) is 22.2 Å². The average Bonchev–Trinajstić information content (AvgIpc) is 1.98. The molecule has 1 aliphatic heterocycles. The second-order valence-electron chi connectivity index (χ2n) is 2.20. The topological polar surface area (TPSA) is 3.24 Å². The van der Waals surface area contributed by atoms with E-state index in [1.54, 1.807) is 11.8 Å². The van der Waals surface area contributed by atoms with Crippen LogP contribution in [0.5, 0.6) is 0 Å². The maximum atomic E-state index is 3.88. The van der Waals surface area contributed by atoms with Crippen LogP contribution in [0.4, 0.5) is 0 Å². The molecule has 0 amide bonds. The van der Waals surface area contributed by atoms with Gasteiger partial charge in [-0.15, -0.1) is 0 Å². The lowest BCUT2D eigenvalue weighted by Crippen LogP contribution is -2.06. The summed E-state index contributed by atoms with van der Waals surface area (Å²) in [4.78, 5) is 3.47. The second-order valence-corrected chi connectivity index (χ2v) is 3.48. The summed E-state index contributed by atoms with van der Waals surface area (Å²) in [6.07, 6.45) is 0. The third-order valence-electron chi connectivity index (χ3n) is 1.66. The van der Waals surface area contributed by atoms with Crippen LogP contribution in [0, 0.1) is 0 Å². The van der Waals surface area contributed by atoms with Gasteiger partial charge in [-0.1, -0.05) is 18.3 Å². The van der Waals surface area contributed by atoms with Crippen molar-refractivity contribution in [1.29, 1.82) is 0 Å². The number of hydrogen-bond donors (Lipinski definition) is 0. The lowest BCUT2D eigenvalue weighted by Gasteiger charge is -2.11. The highest BCUT2D eigenvalue weighted by atomic mass is 32.2. The highest BCUT2D eigenvalue weighted by molar-refractivity contribution is 8.06. The molecule has 0 aliphatic carbocycles. The zero-order valence-corrected chi connectivity index (χ0v) is 6.88. The first-order valence-corrected chi connectivity index (χ1v) is 3.72. The van der Waals surface area contributed by atoms with E-state index in [-0.39, 0.29) is 0 Å². The summed E-state index contributed by atoms with van der Waals surface area (Å²) in [6.45, 7) is 8.11. The number of hydrogen-bond acceptors (Lipinski definition) is 2. The van der Waals surface area contributed by atoms with E-state index in [1.165, 1.54) is 10.6 Å². The Morgan fingerprint density at radius 1 is 1.44 bits per heavy atom. The molecule has 2 heteroatoms. The molecule has 1 nitrogen and oxygen atoms in total. The van der Waals surface area contributed by atoms with Crippen LogP contribution in [0.3, 0.4) is 0 Å². The van der Waals surface area contributed by atoms with E-state index in [1.807, 2.05) is 7.05 Å². The molecule has 9 heavy (non-hydrogen) atoms. The molecule has 0 aromatic rings. The molecular formula is C7H11NS. The largest absolute Gasteiger partial charge is 0.343 e. The van der Waals surface area contributed by atoms with Crippen molar-refractivity contribution >= 4 is 11.8 Å². The van der Waals surface area contributed by atoms with Gasteiger partial charge in [-0.25, -0.2) is 0 Å². The fraction of sp³-hybridized carbons (Fsp3) is 0.429.